The molecule has 0 bridgehead atoms. The van der Waals surface area contributed by atoms with E-state index in [1.165, 1.54) is 6.07 Å². The number of hydrogen-bond acceptors (Lipinski definition) is 5. The zero-order valence-electron chi connectivity index (χ0n) is 19.8. The Kier molecular flexibility index (Phi) is 9.80. The zero-order chi connectivity index (χ0) is 23.9. The number of aromatic nitrogens is 1. The number of nitrogens with zero attached hydrogens (tertiary/aromatic N) is 1. The lowest BCUT2D eigenvalue weighted by Crippen LogP contribution is -2.26. The highest BCUT2D eigenvalue weighted by atomic mass is 19.4. The van der Waals surface area contributed by atoms with E-state index in [9.17, 15) is 18.0 Å². The Hall–Kier alpha value is -1.83. The van der Waals surface area contributed by atoms with E-state index >= 15 is 0 Å². The molecule has 2 rings (SSSR count). The second-order valence-corrected chi connectivity index (χ2v) is 8.81. The zero-order valence-corrected chi connectivity index (χ0v) is 19.8. The molecule has 0 radical (unpaired) electrons. The highest BCUT2D eigenvalue weighted by Gasteiger charge is 2.40. The molecule has 1 aromatic heterocycles. The number of esters is 1. The van der Waals surface area contributed by atoms with Crippen LogP contribution in [0.3, 0.4) is 0 Å². The molecule has 182 valence electrons. The molecular formula is C24H36F3NO4. The van der Waals surface area contributed by atoms with Gasteiger partial charge in [-0.25, -0.2) is 0 Å². The van der Waals surface area contributed by atoms with Crippen LogP contribution in [-0.2, 0) is 20.4 Å². The Labute approximate surface area is 189 Å². The van der Waals surface area contributed by atoms with E-state index < -0.39 is 17.7 Å². The van der Waals surface area contributed by atoms with Gasteiger partial charge in [0.15, 0.2) is 0 Å². The Morgan fingerprint density at radius 2 is 1.81 bits per heavy atom. The summed E-state index contributed by atoms with van der Waals surface area (Å²) in [5.41, 5.74) is -0.154. The molecular weight excluding hydrogens is 423 g/mol. The van der Waals surface area contributed by atoms with E-state index in [2.05, 4.69) is 4.98 Å². The Bertz CT molecular complexity index is 743. The van der Waals surface area contributed by atoms with Crippen molar-refractivity contribution in [2.75, 3.05) is 26.9 Å². The van der Waals surface area contributed by atoms with Crippen molar-refractivity contribution in [2.24, 2.45) is 11.8 Å². The van der Waals surface area contributed by atoms with Crippen molar-refractivity contribution in [1.29, 1.82) is 0 Å². The van der Waals surface area contributed by atoms with Crippen LogP contribution in [0.2, 0.25) is 0 Å². The van der Waals surface area contributed by atoms with Crippen LogP contribution < -0.4 is 4.74 Å². The van der Waals surface area contributed by atoms with Gasteiger partial charge in [0.05, 0.1) is 24.8 Å². The highest BCUT2D eigenvalue weighted by molar-refractivity contribution is 5.72. The summed E-state index contributed by atoms with van der Waals surface area (Å²) in [6.45, 7) is 8.15. The van der Waals surface area contributed by atoms with Crippen LogP contribution in [0.15, 0.2) is 6.07 Å². The summed E-state index contributed by atoms with van der Waals surface area (Å²) in [5.74, 6) is -0.607. The van der Waals surface area contributed by atoms with Crippen molar-refractivity contribution >= 4 is 5.97 Å². The minimum Gasteiger partial charge on any atom is -0.493 e. The second-order valence-electron chi connectivity index (χ2n) is 8.81. The molecule has 1 heterocycles. The lowest BCUT2D eigenvalue weighted by molar-refractivity contribution is -0.149. The first kappa shape index (κ1) is 26.4. The van der Waals surface area contributed by atoms with Gasteiger partial charge in [0.2, 0.25) is 0 Å². The Morgan fingerprint density at radius 3 is 2.34 bits per heavy atom. The van der Waals surface area contributed by atoms with Gasteiger partial charge in [0, 0.05) is 37.8 Å². The molecule has 0 aliphatic heterocycles. The molecule has 0 saturated heterocycles. The monoisotopic (exact) mass is 459 g/mol. The maximum absolute atomic E-state index is 13.9. The molecule has 1 aliphatic carbocycles. The summed E-state index contributed by atoms with van der Waals surface area (Å²) in [7, 11) is 1.54. The van der Waals surface area contributed by atoms with E-state index in [1.54, 1.807) is 27.9 Å². The normalized spacial score (nSPS) is 20.3. The van der Waals surface area contributed by atoms with Crippen molar-refractivity contribution in [2.45, 2.75) is 77.8 Å². The molecule has 1 unspecified atom stereocenters. The lowest BCUT2D eigenvalue weighted by atomic mass is 9.75. The Balaban J connectivity index is 2.28. The predicted molar refractivity (Wildman–Crippen MR) is 116 cm³/mol. The third-order valence-electron chi connectivity index (χ3n) is 6.18. The van der Waals surface area contributed by atoms with Gasteiger partial charge in [0.25, 0.3) is 0 Å². The molecule has 1 aromatic rings. The van der Waals surface area contributed by atoms with Gasteiger partial charge in [-0.15, -0.1) is 0 Å². The number of carbonyl (C=O) groups is 1. The topological polar surface area (TPSA) is 57.7 Å². The largest absolute Gasteiger partial charge is 0.493 e. The van der Waals surface area contributed by atoms with Crippen LogP contribution in [0.4, 0.5) is 13.2 Å². The summed E-state index contributed by atoms with van der Waals surface area (Å²) in [5, 5.41) is 0. The minimum atomic E-state index is -4.55. The molecule has 0 spiro atoms. The summed E-state index contributed by atoms with van der Waals surface area (Å²) in [4.78, 5) is 16.5. The highest BCUT2D eigenvalue weighted by Crippen LogP contribution is 2.44. The fourth-order valence-corrected chi connectivity index (χ4v) is 4.35. The average molecular weight is 460 g/mol. The van der Waals surface area contributed by atoms with Gasteiger partial charge in [-0.2, -0.15) is 13.2 Å². The van der Waals surface area contributed by atoms with Crippen LogP contribution >= 0.6 is 0 Å². The number of carbonyl (C=O) groups excluding carboxylic acids is 1. The predicted octanol–water partition coefficient (Wildman–Crippen LogP) is 6.11. The van der Waals surface area contributed by atoms with Crippen molar-refractivity contribution in [3.63, 3.8) is 0 Å². The summed E-state index contributed by atoms with van der Waals surface area (Å²) in [6, 6.07) is 1.46. The molecule has 1 fully saturated rings. The maximum Gasteiger partial charge on any atom is 0.421 e. The van der Waals surface area contributed by atoms with Crippen molar-refractivity contribution in [3.05, 3.63) is 23.0 Å². The molecule has 1 saturated carbocycles. The molecule has 8 heteroatoms. The number of hydrogen-bond donors (Lipinski definition) is 0. The third-order valence-corrected chi connectivity index (χ3v) is 6.18. The van der Waals surface area contributed by atoms with E-state index in [0.717, 1.165) is 25.7 Å². The van der Waals surface area contributed by atoms with Gasteiger partial charge < -0.3 is 14.2 Å². The molecule has 1 aliphatic rings. The lowest BCUT2D eigenvalue weighted by Gasteiger charge is -2.32. The van der Waals surface area contributed by atoms with Gasteiger partial charge >= 0.3 is 12.1 Å². The summed E-state index contributed by atoms with van der Waals surface area (Å²) >= 11 is 0. The van der Waals surface area contributed by atoms with Crippen molar-refractivity contribution < 1.29 is 32.2 Å². The smallest absolute Gasteiger partial charge is 0.421 e. The molecule has 0 N–H and O–H groups in total. The first-order chi connectivity index (χ1) is 15.1. The van der Waals surface area contributed by atoms with Crippen LogP contribution in [0, 0.1) is 11.8 Å². The number of alkyl halides is 3. The first-order valence-electron chi connectivity index (χ1n) is 11.5. The first-order valence-corrected chi connectivity index (χ1v) is 11.5. The molecule has 1 atom stereocenters. The molecule has 32 heavy (non-hydrogen) atoms. The van der Waals surface area contributed by atoms with E-state index in [0.29, 0.717) is 25.3 Å². The van der Waals surface area contributed by atoms with E-state index in [1.807, 2.05) is 6.92 Å². The van der Waals surface area contributed by atoms with Gasteiger partial charge in [-0.1, -0.05) is 20.8 Å². The second kappa shape index (κ2) is 11.9. The molecule has 5 nitrogen and oxygen atoms in total. The number of methoxy groups -OCH3 is 1. The number of ether oxygens (including phenoxy) is 3. The van der Waals surface area contributed by atoms with Gasteiger partial charge in [0.1, 0.15) is 11.3 Å². The third kappa shape index (κ3) is 6.83. The van der Waals surface area contributed by atoms with Crippen LogP contribution in [0.25, 0.3) is 0 Å². The SMILES string of the molecule is CCOC(=O)C1CCC(C(C)c2cc(OCCCOC)c(C(F)(F)F)c(C(C)C)n2)CC1. The number of rotatable bonds is 10. The van der Waals surface area contributed by atoms with Gasteiger partial charge in [-0.05, 0) is 44.4 Å². The summed E-state index contributed by atoms with van der Waals surface area (Å²) < 4.78 is 57.5. The Morgan fingerprint density at radius 1 is 1.16 bits per heavy atom. The molecule has 0 amide bonds. The average Bonchev–Trinajstić information content (AvgIpc) is 2.75. The van der Waals surface area contributed by atoms with Crippen LogP contribution in [0.1, 0.15) is 88.6 Å². The fraction of sp³-hybridized carbons (Fsp3) is 0.750. The maximum atomic E-state index is 13.9. The van der Waals surface area contributed by atoms with Crippen LogP contribution in [0.5, 0.6) is 5.75 Å². The standard InChI is InChI=1S/C24H36F3NO4/c1-6-31-23(29)18-10-8-17(9-11-18)16(4)19-14-20(32-13-7-12-30-5)21(24(25,26)27)22(28-19)15(2)3/h14-18H,6-13H2,1-5H3. The van der Waals surface area contributed by atoms with E-state index in [-0.39, 0.29) is 41.8 Å². The minimum absolute atomic E-state index is 0.0174. The van der Waals surface area contributed by atoms with Crippen molar-refractivity contribution in [3.8, 4) is 5.75 Å². The number of pyridine rings is 1. The summed E-state index contributed by atoms with van der Waals surface area (Å²) in [6.07, 6.45) is -0.973. The quantitative estimate of drug-likeness (QED) is 0.312. The number of halogens is 3. The molecule has 0 aromatic carbocycles. The van der Waals surface area contributed by atoms with Gasteiger partial charge in [-0.3, -0.25) is 9.78 Å². The van der Waals surface area contributed by atoms with Crippen LogP contribution in [-0.4, -0.2) is 37.9 Å². The van der Waals surface area contributed by atoms with E-state index in [4.69, 9.17) is 14.2 Å². The fourth-order valence-electron chi connectivity index (χ4n) is 4.35. The van der Waals surface area contributed by atoms with Crippen molar-refractivity contribution in [1.82, 2.24) is 4.98 Å².